The lowest BCUT2D eigenvalue weighted by Gasteiger charge is -2.22. The summed E-state index contributed by atoms with van der Waals surface area (Å²) >= 11 is 0. The van der Waals surface area contributed by atoms with Gasteiger partial charge in [-0.15, -0.1) is 0 Å². The third-order valence-electron chi connectivity index (χ3n) is 4.06. The van der Waals surface area contributed by atoms with Crippen molar-refractivity contribution < 1.29 is 4.79 Å². The molecule has 0 aliphatic carbocycles. The molecule has 126 valence electrons. The van der Waals surface area contributed by atoms with Gasteiger partial charge in [-0.25, -0.2) is 9.97 Å². The van der Waals surface area contributed by atoms with Crippen molar-refractivity contribution in [3.63, 3.8) is 0 Å². The van der Waals surface area contributed by atoms with E-state index in [1.165, 1.54) is 6.20 Å². The monoisotopic (exact) mass is 333 g/mol. The maximum atomic E-state index is 12.8. The van der Waals surface area contributed by atoms with E-state index in [2.05, 4.69) is 20.3 Å². The van der Waals surface area contributed by atoms with E-state index in [9.17, 15) is 4.79 Å². The number of benzene rings is 1. The Labute approximate surface area is 146 Å². The van der Waals surface area contributed by atoms with Crippen LogP contribution < -0.4 is 11.1 Å². The molecule has 0 aliphatic rings. The van der Waals surface area contributed by atoms with E-state index in [-0.39, 0.29) is 17.9 Å². The SMILES string of the molecule is Cc1ccccc1[C@H](NC(=O)c1cnc(N)nc1C)c1ccncc1. The Morgan fingerprint density at radius 2 is 1.84 bits per heavy atom. The second-order valence-corrected chi connectivity index (χ2v) is 5.77. The summed E-state index contributed by atoms with van der Waals surface area (Å²) in [6.07, 6.45) is 4.88. The molecule has 0 spiro atoms. The van der Waals surface area contributed by atoms with Gasteiger partial charge in [0.2, 0.25) is 5.95 Å². The second-order valence-electron chi connectivity index (χ2n) is 5.77. The fourth-order valence-corrected chi connectivity index (χ4v) is 2.72. The lowest BCUT2D eigenvalue weighted by molar-refractivity contribution is 0.0941. The highest BCUT2D eigenvalue weighted by Crippen LogP contribution is 2.25. The minimum Gasteiger partial charge on any atom is -0.368 e. The Kier molecular flexibility index (Phi) is 4.70. The van der Waals surface area contributed by atoms with Crippen molar-refractivity contribution in [2.45, 2.75) is 19.9 Å². The van der Waals surface area contributed by atoms with Crippen LogP contribution in [0.15, 0.2) is 55.0 Å². The number of hydrogen-bond acceptors (Lipinski definition) is 5. The van der Waals surface area contributed by atoms with Crippen LogP contribution in [0.5, 0.6) is 0 Å². The number of aromatic nitrogens is 3. The zero-order valence-corrected chi connectivity index (χ0v) is 14.1. The molecule has 0 bridgehead atoms. The van der Waals surface area contributed by atoms with Gasteiger partial charge in [0.1, 0.15) is 0 Å². The van der Waals surface area contributed by atoms with Crippen molar-refractivity contribution in [2.24, 2.45) is 0 Å². The van der Waals surface area contributed by atoms with Crippen LogP contribution in [0.1, 0.15) is 38.8 Å². The third kappa shape index (κ3) is 3.63. The first-order valence-electron chi connectivity index (χ1n) is 7.91. The Hall–Kier alpha value is -3.28. The third-order valence-corrected chi connectivity index (χ3v) is 4.06. The molecule has 0 saturated heterocycles. The molecular weight excluding hydrogens is 314 g/mol. The first-order valence-corrected chi connectivity index (χ1v) is 7.91. The molecule has 25 heavy (non-hydrogen) atoms. The van der Waals surface area contributed by atoms with Gasteiger partial charge in [0.15, 0.2) is 0 Å². The maximum absolute atomic E-state index is 12.8. The summed E-state index contributed by atoms with van der Waals surface area (Å²) in [5, 5.41) is 3.08. The molecule has 2 aromatic heterocycles. The van der Waals surface area contributed by atoms with Crippen LogP contribution in [-0.2, 0) is 0 Å². The summed E-state index contributed by atoms with van der Waals surface area (Å²) in [7, 11) is 0. The number of nitrogen functional groups attached to an aromatic ring is 1. The Bertz CT molecular complexity index is 895. The molecule has 0 fully saturated rings. The molecule has 3 N–H and O–H groups in total. The number of amides is 1. The highest BCUT2D eigenvalue weighted by atomic mass is 16.1. The van der Waals surface area contributed by atoms with Crippen molar-refractivity contribution in [2.75, 3.05) is 5.73 Å². The number of pyridine rings is 1. The number of nitrogens with two attached hydrogens (primary N) is 1. The van der Waals surface area contributed by atoms with Gasteiger partial charge in [-0.1, -0.05) is 24.3 Å². The summed E-state index contributed by atoms with van der Waals surface area (Å²) in [6, 6.07) is 11.4. The number of carbonyl (C=O) groups excluding carboxylic acids is 1. The predicted molar refractivity (Wildman–Crippen MR) is 95.9 cm³/mol. The van der Waals surface area contributed by atoms with Gasteiger partial charge >= 0.3 is 0 Å². The summed E-state index contributed by atoms with van der Waals surface area (Å²) in [5.74, 6) is -0.0961. The minimum atomic E-state index is -0.298. The van der Waals surface area contributed by atoms with Crippen LogP contribution in [0.4, 0.5) is 5.95 Å². The molecule has 0 aliphatic heterocycles. The number of nitrogens with zero attached hydrogens (tertiary/aromatic N) is 3. The highest BCUT2D eigenvalue weighted by Gasteiger charge is 2.21. The summed E-state index contributed by atoms with van der Waals surface area (Å²) < 4.78 is 0. The van der Waals surface area contributed by atoms with Gasteiger partial charge in [-0.3, -0.25) is 9.78 Å². The molecule has 3 aromatic rings. The quantitative estimate of drug-likeness (QED) is 0.765. The molecule has 3 rings (SSSR count). The number of hydrogen-bond donors (Lipinski definition) is 2. The van der Waals surface area contributed by atoms with Crippen LogP contribution >= 0.6 is 0 Å². The van der Waals surface area contributed by atoms with Crippen LogP contribution in [0, 0.1) is 13.8 Å². The Morgan fingerprint density at radius 1 is 1.12 bits per heavy atom. The number of anilines is 1. The first-order chi connectivity index (χ1) is 12.1. The zero-order valence-electron chi connectivity index (χ0n) is 14.1. The van der Waals surface area contributed by atoms with Crippen LogP contribution in [-0.4, -0.2) is 20.9 Å². The Balaban J connectivity index is 1.98. The van der Waals surface area contributed by atoms with Crippen molar-refractivity contribution in [3.8, 4) is 0 Å². The summed E-state index contributed by atoms with van der Waals surface area (Å²) in [4.78, 5) is 24.8. The maximum Gasteiger partial charge on any atom is 0.255 e. The van der Waals surface area contributed by atoms with Crippen molar-refractivity contribution >= 4 is 11.9 Å². The van der Waals surface area contributed by atoms with Gasteiger partial charge in [-0.2, -0.15) is 0 Å². The molecule has 0 radical (unpaired) electrons. The largest absolute Gasteiger partial charge is 0.368 e. The number of aryl methyl sites for hydroxylation is 2. The van der Waals surface area contributed by atoms with E-state index < -0.39 is 0 Å². The molecule has 0 unspecified atom stereocenters. The zero-order chi connectivity index (χ0) is 17.8. The van der Waals surface area contributed by atoms with Gasteiger partial charge in [0.25, 0.3) is 5.91 Å². The predicted octanol–water partition coefficient (Wildman–Crippen LogP) is 2.59. The van der Waals surface area contributed by atoms with Gasteiger partial charge in [-0.05, 0) is 42.7 Å². The van der Waals surface area contributed by atoms with Crippen LogP contribution in [0.25, 0.3) is 0 Å². The molecule has 1 aromatic carbocycles. The lowest BCUT2D eigenvalue weighted by Crippen LogP contribution is -2.30. The fourth-order valence-electron chi connectivity index (χ4n) is 2.72. The van der Waals surface area contributed by atoms with Crippen molar-refractivity contribution in [1.82, 2.24) is 20.3 Å². The highest BCUT2D eigenvalue weighted by molar-refractivity contribution is 5.95. The number of rotatable bonds is 4. The normalized spacial score (nSPS) is 11.8. The van der Waals surface area contributed by atoms with E-state index in [0.29, 0.717) is 11.3 Å². The van der Waals surface area contributed by atoms with E-state index >= 15 is 0 Å². The second kappa shape index (κ2) is 7.09. The van der Waals surface area contributed by atoms with E-state index in [0.717, 1.165) is 16.7 Å². The molecule has 1 amide bonds. The van der Waals surface area contributed by atoms with E-state index in [1.807, 2.05) is 43.3 Å². The van der Waals surface area contributed by atoms with Crippen LogP contribution in [0.2, 0.25) is 0 Å². The van der Waals surface area contributed by atoms with E-state index in [1.54, 1.807) is 19.3 Å². The van der Waals surface area contributed by atoms with Crippen molar-refractivity contribution in [1.29, 1.82) is 0 Å². The smallest absolute Gasteiger partial charge is 0.255 e. The number of nitrogens with one attached hydrogen (secondary N) is 1. The standard InChI is InChI=1S/C19H19N5O/c1-12-5-3-4-6-15(12)17(14-7-9-21-10-8-14)24-18(25)16-11-22-19(20)23-13(16)2/h3-11,17H,1-2H3,(H,24,25)(H2,20,22,23)/t17-/m1/s1. The lowest BCUT2D eigenvalue weighted by atomic mass is 9.95. The molecule has 6 nitrogen and oxygen atoms in total. The van der Waals surface area contributed by atoms with Gasteiger partial charge in [0.05, 0.1) is 17.3 Å². The van der Waals surface area contributed by atoms with Gasteiger partial charge < -0.3 is 11.1 Å². The number of carbonyl (C=O) groups is 1. The topological polar surface area (TPSA) is 93.8 Å². The Morgan fingerprint density at radius 3 is 2.52 bits per heavy atom. The minimum absolute atomic E-state index is 0.152. The molecule has 0 saturated carbocycles. The summed E-state index contributed by atoms with van der Waals surface area (Å²) in [6.45, 7) is 3.76. The van der Waals surface area contributed by atoms with Crippen LogP contribution in [0.3, 0.4) is 0 Å². The summed E-state index contributed by atoms with van der Waals surface area (Å²) in [5.41, 5.74) is 9.59. The average molecular weight is 333 g/mol. The molecule has 6 heteroatoms. The van der Waals surface area contributed by atoms with Crippen molar-refractivity contribution in [3.05, 3.63) is 82.9 Å². The molecule has 2 heterocycles. The van der Waals surface area contributed by atoms with E-state index in [4.69, 9.17) is 5.73 Å². The van der Waals surface area contributed by atoms with Gasteiger partial charge in [0, 0.05) is 18.6 Å². The average Bonchev–Trinajstić information content (AvgIpc) is 2.61. The molecule has 1 atom stereocenters. The fraction of sp³-hybridized carbons (Fsp3) is 0.158. The first kappa shape index (κ1) is 16.6. The molecular formula is C19H19N5O.